The first-order chi connectivity index (χ1) is 28.1. The average Bonchev–Trinajstić information content (AvgIpc) is 3.24. The highest BCUT2D eigenvalue weighted by Crippen LogP contribution is 2.25. The van der Waals surface area contributed by atoms with E-state index < -0.39 is 102 Å². The molecule has 1 aliphatic heterocycles. The molecule has 60 heavy (non-hydrogen) atoms. The molecule has 1 aromatic rings. The molecular formula is C45H69N5O10. The summed E-state index contributed by atoms with van der Waals surface area (Å²) in [6.07, 6.45) is 1.02. The molecule has 2 rings (SSSR count). The van der Waals surface area contributed by atoms with E-state index in [9.17, 15) is 38.7 Å². The number of ether oxygens (including phenoxy) is 2. The minimum Gasteiger partial charge on any atom is -0.456 e. The molecule has 1 aromatic carbocycles. The van der Waals surface area contributed by atoms with Gasteiger partial charge in [0.15, 0.2) is 6.10 Å². The number of hydrogen-bond acceptors (Lipinski definition) is 10. The zero-order valence-electron chi connectivity index (χ0n) is 37.8. The normalized spacial score (nSPS) is 29.2. The Bertz CT molecular complexity index is 1730. The Morgan fingerprint density at radius 3 is 2.03 bits per heavy atom. The Morgan fingerprint density at radius 1 is 0.867 bits per heavy atom. The zero-order chi connectivity index (χ0) is 45.6. The summed E-state index contributed by atoms with van der Waals surface area (Å²) in [4.78, 5) is 100. The summed E-state index contributed by atoms with van der Waals surface area (Å²) in [5.41, 5.74) is 1.52. The molecule has 10 atom stereocenters. The summed E-state index contributed by atoms with van der Waals surface area (Å²) < 4.78 is 11.7. The molecule has 1 heterocycles. The second-order valence-electron chi connectivity index (χ2n) is 16.3. The number of aliphatic hydroxyl groups excluding tert-OH is 1. The lowest BCUT2D eigenvalue weighted by atomic mass is 9.90. The highest BCUT2D eigenvalue weighted by Gasteiger charge is 2.38. The van der Waals surface area contributed by atoms with Crippen LogP contribution < -0.4 is 10.6 Å². The Balaban J connectivity index is 2.67. The van der Waals surface area contributed by atoms with E-state index in [-0.39, 0.29) is 24.3 Å². The van der Waals surface area contributed by atoms with Crippen LogP contribution in [-0.2, 0) is 49.5 Å². The molecule has 2 unspecified atom stereocenters. The van der Waals surface area contributed by atoms with Gasteiger partial charge in [-0.15, -0.1) is 0 Å². The van der Waals surface area contributed by atoms with Gasteiger partial charge in [0.2, 0.25) is 23.6 Å². The maximum absolute atomic E-state index is 14.2. The van der Waals surface area contributed by atoms with Crippen molar-refractivity contribution in [3.05, 3.63) is 59.2 Å². The Labute approximate surface area is 356 Å². The van der Waals surface area contributed by atoms with E-state index in [1.54, 1.807) is 65.0 Å². The van der Waals surface area contributed by atoms with Crippen LogP contribution in [-0.4, -0.2) is 131 Å². The summed E-state index contributed by atoms with van der Waals surface area (Å²) in [7, 11) is 4.31. The number of nitrogens with one attached hydrogen (secondary N) is 2. The number of allylic oxidation sites excluding steroid dienone is 1. The largest absolute Gasteiger partial charge is 0.456 e. The number of cyclic esters (lactones) is 2. The predicted octanol–water partition coefficient (Wildman–Crippen LogP) is 3.58. The van der Waals surface area contributed by atoms with E-state index in [0.717, 1.165) is 5.56 Å². The summed E-state index contributed by atoms with van der Waals surface area (Å²) >= 11 is 0. The quantitative estimate of drug-likeness (QED) is 0.270. The Kier molecular flexibility index (Phi) is 20.2. The number of esters is 2. The SMILES string of the molecule is C/C=C(\C)[C@@H]1OC(=O)[C@H](C)N(C)C(=O)[C@H]([C@@H](C)CC)NC(=O)CN(C)C(=O)C(Cc2ccccc2)N(C)C(=O)[C@H](C)NC(=O)C([C@@H](C)CC)OC(=O)/C(C)=C/C[C@H](O)[C@@H]1C. The standard InChI is InChI=1S/C45H69N5O10/c1-14-26(4)37-43(56)49(12)32(10)45(58)59-38(27(5)15-2)30(8)35(51)23-22-29(7)44(57)60-39(28(6)16-3)40(53)46-31(9)41(54)50(13)34(24-33-20-18-17-19-21-33)42(55)48(11)25-36(52)47-37/h15,17-22,26,28,30-32,34-35,37-39,51H,14,16,23-25H2,1-13H3,(H,46,53)(H,47,52)/b27-15+,29-22+/t26-,28-,30-,31-,32-,34?,35-,37-,38-,39?/m0/s1. The molecule has 5 amide bonds. The molecule has 3 N–H and O–H groups in total. The number of benzene rings is 1. The lowest BCUT2D eigenvalue weighted by molar-refractivity contribution is -0.160. The number of likely N-dealkylation sites (N-methyl/N-ethyl adjacent to an activating group) is 3. The van der Waals surface area contributed by atoms with E-state index >= 15 is 0 Å². The van der Waals surface area contributed by atoms with E-state index in [1.807, 2.05) is 19.9 Å². The van der Waals surface area contributed by atoms with Crippen LogP contribution in [0.5, 0.6) is 0 Å². The third-order valence-electron chi connectivity index (χ3n) is 11.8. The van der Waals surface area contributed by atoms with Gasteiger partial charge in [-0.05, 0) is 64.5 Å². The van der Waals surface area contributed by atoms with Gasteiger partial charge in [0, 0.05) is 45.0 Å². The first kappa shape index (κ1) is 51.1. The third kappa shape index (κ3) is 13.7. The monoisotopic (exact) mass is 840 g/mol. The van der Waals surface area contributed by atoms with Crippen LogP contribution in [0, 0.1) is 17.8 Å². The van der Waals surface area contributed by atoms with Gasteiger partial charge < -0.3 is 39.9 Å². The molecule has 1 aliphatic rings. The molecule has 0 aliphatic carbocycles. The van der Waals surface area contributed by atoms with Crippen molar-refractivity contribution in [3.8, 4) is 0 Å². The molecule has 0 bridgehead atoms. The summed E-state index contributed by atoms with van der Waals surface area (Å²) in [5.74, 6) is -6.05. The fourth-order valence-corrected chi connectivity index (χ4v) is 6.71. The molecule has 15 heteroatoms. The molecule has 0 spiro atoms. The van der Waals surface area contributed by atoms with Crippen LogP contribution in [0.15, 0.2) is 53.6 Å². The molecule has 0 radical (unpaired) electrons. The first-order valence-corrected chi connectivity index (χ1v) is 20.9. The number of nitrogens with zero attached hydrogens (tertiary/aromatic N) is 3. The van der Waals surface area contributed by atoms with Crippen molar-refractivity contribution < 1.29 is 48.1 Å². The Hall–Kier alpha value is -5.05. The fourth-order valence-electron chi connectivity index (χ4n) is 6.71. The smallest absolute Gasteiger partial charge is 0.334 e. The average molecular weight is 840 g/mol. The van der Waals surface area contributed by atoms with Crippen LogP contribution in [0.3, 0.4) is 0 Å². The van der Waals surface area contributed by atoms with Crippen molar-refractivity contribution in [2.45, 2.75) is 137 Å². The van der Waals surface area contributed by atoms with E-state index in [2.05, 4.69) is 10.6 Å². The summed E-state index contributed by atoms with van der Waals surface area (Å²) in [6, 6.07) is 4.61. The van der Waals surface area contributed by atoms with Gasteiger partial charge >= 0.3 is 11.9 Å². The maximum Gasteiger partial charge on any atom is 0.334 e. The van der Waals surface area contributed by atoms with Crippen molar-refractivity contribution in [2.75, 3.05) is 27.7 Å². The number of aliphatic hydroxyl groups is 1. The lowest BCUT2D eigenvalue weighted by Crippen LogP contribution is -2.58. The third-order valence-corrected chi connectivity index (χ3v) is 11.8. The van der Waals surface area contributed by atoms with Gasteiger partial charge in [-0.2, -0.15) is 0 Å². The predicted molar refractivity (Wildman–Crippen MR) is 228 cm³/mol. The number of rotatable bonds is 7. The highest BCUT2D eigenvalue weighted by atomic mass is 16.6. The van der Waals surface area contributed by atoms with E-state index in [4.69, 9.17) is 9.47 Å². The number of carbonyl (C=O) groups excluding carboxylic acids is 7. The molecule has 0 fully saturated rings. The van der Waals surface area contributed by atoms with Crippen LogP contribution in [0.25, 0.3) is 0 Å². The van der Waals surface area contributed by atoms with Gasteiger partial charge in [-0.1, -0.05) is 83.5 Å². The van der Waals surface area contributed by atoms with Gasteiger partial charge in [0.25, 0.3) is 5.91 Å². The van der Waals surface area contributed by atoms with E-state index in [1.165, 1.54) is 62.7 Å². The Morgan fingerprint density at radius 2 is 1.47 bits per heavy atom. The van der Waals surface area contributed by atoms with Crippen molar-refractivity contribution in [1.29, 1.82) is 0 Å². The number of carbonyl (C=O) groups is 7. The van der Waals surface area contributed by atoms with Crippen molar-refractivity contribution in [3.63, 3.8) is 0 Å². The lowest BCUT2D eigenvalue weighted by Gasteiger charge is -2.34. The summed E-state index contributed by atoms with van der Waals surface area (Å²) in [6.45, 7) is 16.5. The van der Waals surface area contributed by atoms with Crippen LogP contribution >= 0.6 is 0 Å². The second kappa shape index (κ2) is 23.7. The van der Waals surface area contributed by atoms with Gasteiger partial charge in [0.05, 0.1) is 12.6 Å². The molecule has 0 saturated heterocycles. The second-order valence-corrected chi connectivity index (χ2v) is 16.3. The molecule has 0 aromatic heterocycles. The minimum absolute atomic E-state index is 0.0203. The minimum atomic E-state index is -1.27. The van der Waals surface area contributed by atoms with E-state index in [0.29, 0.717) is 18.4 Å². The molecule has 15 nitrogen and oxygen atoms in total. The van der Waals surface area contributed by atoms with Crippen molar-refractivity contribution in [2.24, 2.45) is 17.8 Å². The van der Waals surface area contributed by atoms with Crippen molar-refractivity contribution in [1.82, 2.24) is 25.3 Å². The summed E-state index contributed by atoms with van der Waals surface area (Å²) in [5, 5.41) is 16.7. The van der Waals surface area contributed by atoms with Crippen LogP contribution in [0.1, 0.15) is 94.1 Å². The maximum atomic E-state index is 14.2. The van der Waals surface area contributed by atoms with Gasteiger partial charge in [-0.25, -0.2) is 9.59 Å². The van der Waals surface area contributed by atoms with Crippen LogP contribution in [0.2, 0.25) is 0 Å². The van der Waals surface area contributed by atoms with Crippen LogP contribution in [0.4, 0.5) is 0 Å². The number of amides is 5. The fraction of sp³-hybridized carbons (Fsp3) is 0.622. The van der Waals surface area contributed by atoms with Gasteiger partial charge in [-0.3, -0.25) is 24.0 Å². The zero-order valence-corrected chi connectivity index (χ0v) is 37.8. The van der Waals surface area contributed by atoms with Crippen molar-refractivity contribution >= 4 is 41.5 Å². The molecular weight excluding hydrogens is 771 g/mol. The highest BCUT2D eigenvalue weighted by molar-refractivity contribution is 5.96. The number of hydrogen-bond donors (Lipinski definition) is 3. The molecule has 334 valence electrons. The first-order valence-electron chi connectivity index (χ1n) is 20.9. The topological polar surface area (TPSA) is 192 Å². The van der Waals surface area contributed by atoms with Gasteiger partial charge in [0.1, 0.15) is 30.3 Å². The molecule has 0 saturated carbocycles.